The molecule has 4 heteroatoms. The minimum atomic E-state index is 0.932. The molecule has 0 fully saturated rings. The molecule has 58 valence electrons. The molecule has 2 heterocycles. The molecular weight excluding hydrogens is 140 g/mol. The van der Waals surface area contributed by atoms with Gasteiger partial charge in [0.1, 0.15) is 0 Å². The van der Waals surface area contributed by atoms with Gasteiger partial charge in [0.15, 0.2) is 0 Å². The van der Waals surface area contributed by atoms with Crippen LogP contribution in [0.3, 0.4) is 0 Å². The van der Waals surface area contributed by atoms with E-state index in [1.165, 1.54) is 5.57 Å². The monoisotopic (exact) mass is 150 g/mol. The van der Waals surface area contributed by atoms with Gasteiger partial charge in [-0.2, -0.15) is 0 Å². The lowest BCUT2D eigenvalue weighted by Gasteiger charge is -1.98. The first kappa shape index (κ1) is 6.54. The molecule has 0 amide bonds. The molecule has 0 radical (unpaired) electrons. The molecule has 0 saturated carbocycles. The molecule has 0 saturated heterocycles. The summed E-state index contributed by atoms with van der Waals surface area (Å²) in [4.78, 5) is 0. The van der Waals surface area contributed by atoms with Gasteiger partial charge in [0.2, 0.25) is 0 Å². The molecule has 1 N–H and O–H groups in total. The second-order valence-corrected chi connectivity index (χ2v) is 2.60. The van der Waals surface area contributed by atoms with Crippen molar-refractivity contribution in [2.75, 3.05) is 13.1 Å². The van der Waals surface area contributed by atoms with Crippen LogP contribution in [-0.4, -0.2) is 28.1 Å². The summed E-state index contributed by atoms with van der Waals surface area (Å²) in [6, 6.07) is 0. The first-order chi connectivity index (χ1) is 5.38. The van der Waals surface area contributed by atoms with Gasteiger partial charge in [0.25, 0.3) is 0 Å². The van der Waals surface area contributed by atoms with Crippen molar-refractivity contribution in [3.63, 3.8) is 0 Å². The third kappa shape index (κ3) is 1.05. The lowest BCUT2D eigenvalue weighted by Crippen LogP contribution is -2.08. The molecule has 4 nitrogen and oxygen atoms in total. The van der Waals surface area contributed by atoms with Crippen LogP contribution in [0, 0.1) is 0 Å². The first-order valence-corrected chi connectivity index (χ1v) is 3.63. The number of rotatable bonds is 1. The van der Waals surface area contributed by atoms with E-state index in [0.717, 1.165) is 18.8 Å². The normalized spacial score (nSPS) is 17.0. The summed E-state index contributed by atoms with van der Waals surface area (Å²) in [6.07, 6.45) is 3.96. The highest BCUT2D eigenvalue weighted by Crippen LogP contribution is 2.12. The fourth-order valence-electron chi connectivity index (χ4n) is 1.25. The van der Waals surface area contributed by atoms with Crippen LogP contribution in [0.15, 0.2) is 12.3 Å². The summed E-state index contributed by atoms with van der Waals surface area (Å²) < 4.78 is 1.79. The molecule has 11 heavy (non-hydrogen) atoms. The van der Waals surface area contributed by atoms with E-state index in [0.29, 0.717) is 0 Å². The number of nitrogens with one attached hydrogen (secondary N) is 1. The van der Waals surface area contributed by atoms with Crippen LogP contribution in [0.4, 0.5) is 0 Å². The Morgan fingerprint density at radius 1 is 1.64 bits per heavy atom. The predicted molar refractivity (Wildman–Crippen MR) is 41.8 cm³/mol. The molecule has 0 unspecified atom stereocenters. The Bertz CT molecular complexity index is 286. The van der Waals surface area contributed by atoms with Gasteiger partial charge in [-0.15, -0.1) is 5.10 Å². The highest BCUT2D eigenvalue weighted by molar-refractivity contribution is 5.65. The molecule has 0 aromatic carbocycles. The van der Waals surface area contributed by atoms with Crippen molar-refractivity contribution < 1.29 is 0 Å². The van der Waals surface area contributed by atoms with Crippen LogP contribution >= 0.6 is 0 Å². The van der Waals surface area contributed by atoms with E-state index in [9.17, 15) is 0 Å². The molecule has 1 aromatic rings. The van der Waals surface area contributed by atoms with Gasteiger partial charge in [-0.1, -0.05) is 11.3 Å². The number of aromatic nitrogens is 3. The molecular formula is C7H10N4. The summed E-state index contributed by atoms with van der Waals surface area (Å²) >= 11 is 0. The van der Waals surface area contributed by atoms with Crippen LogP contribution in [0.5, 0.6) is 0 Å². The molecule has 0 aliphatic carbocycles. The summed E-state index contributed by atoms with van der Waals surface area (Å²) in [5, 5.41) is 10.9. The Labute approximate surface area is 64.9 Å². The zero-order chi connectivity index (χ0) is 7.68. The van der Waals surface area contributed by atoms with E-state index in [4.69, 9.17) is 0 Å². The number of aryl methyl sites for hydroxylation is 1. The maximum Gasteiger partial charge on any atom is 0.0852 e. The molecule has 0 spiro atoms. The third-order valence-electron chi connectivity index (χ3n) is 1.85. The molecule has 2 rings (SSSR count). The minimum absolute atomic E-state index is 0.932. The fourth-order valence-corrected chi connectivity index (χ4v) is 1.25. The van der Waals surface area contributed by atoms with E-state index >= 15 is 0 Å². The smallest absolute Gasteiger partial charge is 0.0852 e. The highest BCUT2D eigenvalue weighted by Gasteiger charge is 2.09. The Balaban J connectivity index is 2.35. The van der Waals surface area contributed by atoms with Gasteiger partial charge in [-0.25, -0.2) is 4.68 Å². The van der Waals surface area contributed by atoms with Crippen molar-refractivity contribution in [1.29, 1.82) is 0 Å². The lowest BCUT2D eigenvalue weighted by molar-refractivity contribution is 0.705. The molecule has 0 atom stereocenters. The standard InChI is InChI=1S/C7H10N4/c1-11-7(5-9-10-11)6-2-3-8-4-6/h2,5,8H,3-4H2,1H3. The Morgan fingerprint density at radius 3 is 3.09 bits per heavy atom. The van der Waals surface area contributed by atoms with E-state index in [2.05, 4.69) is 21.7 Å². The first-order valence-electron chi connectivity index (χ1n) is 3.63. The Hall–Kier alpha value is -1.16. The number of nitrogens with zero attached hydrogens (tertiary/aromatic N) is 3. The molecule has 0 bridgehead atoms. The zero-order valence-corrected chi connectivity index (χ0v) is 6.41. The summed E-state index contributed by atoms with van der Waals surface area (Å²) in [5.74, 6) is 0. The lowest BCUT2D eigenvalue weighted by atomic mass is 10.2. The molecule has 1 aliphatic rings. The third-order valence-corrected chi connectivity index (χ3v) is 1.85. The summed E-state index contributed by atoms with van der Waals surface area (Å²) in [6.45, 7) is 1.89. The van der Waals surface area contributed by atoms with Crippen molar-refractivity contribution in [3.8, 4) is 0 Å². The average Bonchev–Trinajstić information content (AvgIpc) is 2.55. The second kappa shape index (κ2) is 2.47. The van der Waals surface area contributed by atoms with Gasteiger partial charge in [-0.3, -0.25) is 0 Å². The van der Waals surface area contributed by atoms with Crippen molar-refractivity contribution in [2.24, 2.45) is 7.05 Å². The van der Waals surface area contributed by atoms with E-state index < -0.39 is 0 Å². The number of hydrogen-bond acceptors (Lipinski definition) is 3. The van der Waals surface area contributed by atoms with Crippen LogP contribution in [0.25, 0.3) is 5.57 Å². The summed E-state index contributed by atoms with van der Waals surface area (Å²) in [7, 11) is 1.90. The minimum Gasteiger partial charge on any atom is -0.309 e. The Morgan fingerprint density at radius 2 is 2.55 bits per heavy atom. The van der Waals surface area contributed by atoms with Crippen molar-refractivity contribution in [1.82, 2.24) is 20.3 Å². The van der Waals surface area contributed by atoms with Gasteiger partial charge in [-0.05, 0) is 5.57 Å². The quantitative estimate of drug-likeness (QED) is 0.603. The van der Waals surface area contributed by atoms with Crippen molar-refractivity contribution in [2.45, 2.75) is 0 Å². The van der Waals surface area contributed by atoms with Crippen molar-refractivity contribution >= 4 is 5.57 Å². The summed E-state index contributed by atoms with van der Waals surface area (Å²) in [5.41, 5.74) is 2.40. The maximum absolute atomic E-state index is 3.86. The van der Waals surface area contributed by atoms with Crippen LogP contribution in [0.2, 0.25) is 0 Å². The maximum atomic E-state index is 3.86. The van der Waals surface area contributed by atoms with E-state index in [-0.39, 0.29) is 0 Å². The predicted octanol–water partition coefficient (Wildman–Crippen LogP) is -0.198. The topological polar surface area (TPSA) is 42.7 Å². The van der Waals surface area contributed by atoms with Gasteiger partial charge in [0.05, 0.1) is 11.9 Å². The van der Waals surface area contributed by atoms with E-state index in [1.54, 1.807) is 10.9 Å². The van der Waals surface area contributed by atoms with Crippen molar-refractivity contribution in [3.05, 3.63) is 18.0 Å². The van der Waals surface area contributed by atoms with Crippen LogP contribution in [0.1, 0.15) is 5.69 Å². The molecule has 1 aromatic heterocycles. The average molecular weight is 150 g/mol. The van der Waals surface area contributed by atoms with Gasteiger partial charge in [0, 0.05) is 20.1 Å². The fraction of sp³-hybridized carbons (Fsp3) is 0.429. The van der Waals surface area contributed by atoms with Gasteiger partial charge >= 0.3 is 0 Å². The van der Waals surface area contributed by atoms with Crippen LogP contribution < -0.4 is 5.32 Å². The Kier molecular flexibility index (Phi) is 1.47. The largest absolute Gasteiger partial charge is 0.309 e. The van der Waals surface area contributed by atoms with E-state index in [1.807, 2.05) is 7.05 Å². The SMILES string of the molecule is Cn1nncc1C1=CCNC1. The number of hydrogen-bond donors (Lipinski definition) is 1. The van der Waals surface area contributed by atoms with Gasteiger partial charge < -0.3 is 5.32 Å². The van der Waals surface area contributed by atoms with Crippen LogP contribution in [-0.2, 0) is 7.05 Å². The molecule has 1 aliphatic heterocycles. The second-order valence-electron chi connectivity index (χ2n) is 2.60. The highest BCUT2D eigenvalue weighted by atomic mass is 15.4. The zero-order valence-electron chi connectivity index (χ0n) is 6.41.